The summed E-state index contributed by atoms with van der Waals surface area (Å²) in [5.74, 6) is 2.42. The average molecular weight is 237 g/mol. The third kappa shape index (κ3) is 4.93. The van der Waals surface area contributed by atoms with Gasteiger partial charge in [-0.15, -0.1) is 0 Å². The lowest BCUT2D eigenvalue weighted by atomic mass is 10.1. The van der Waals surface area contributed by atoms with Gasteiger partial charge in [-0.05, 0) is 25.0 Å². The van der Waals surface area contributed by atoms with E-state index in [1.807, 2.05) is 12.1 Å². The third-order valence-electron chi connectivity index (χ3n) is 2.83. The first-order chi connectivity index (χ1) is 8.13. The zero-order valence-corrected chi connectivity index (χ0v) is 11.2. The van der Waals surface area contributed by atoms with Crippen LogP contribution in [0.1, 0.15) is 26.5 Å². The van der Waals surface area contributed by atoms with Gasteiger partial charge in [0.15, 0.2) is 5.96 Å². The van der Waals surface area contributed by atoms with Crippen LogP contribution in [0.5, 0.6) is 0 Å². The van der Waals surface area contributed by atoms with Crippen LogP contribution in [0, 0.1) is 5.92 Å². The lowest BCUT2D eigenvalue weighted by Gasteiger charge is -2.20. The van der Waals surface area contributed by atoms with E-state index in [-0.39, 0.29) is 0 Å². The lowest BCUT2D eigenvalue weighted by molar-refractivity contribution is 0.478. The standard InChI is InChI=1S/C13H23N3O/c1-10(2)11(3)16-13(14-4)15-8-7-12-6-5-9-17-12/h5-6,9-11H,7-8H2,1-4H3,(H2,14,15,16). The molecular weight excluding hydrogens is 214 g/mol. The van der Waals surface area contributed by atoms with Crippen molar-refractivity contribution in [2.75, 3.05) is 13.6 Å². The first-order valence-corrected chi connectivity index (χ1v) is 6.13. The molecule has 1 aromatic rings. The number of nitrogens with one attached hydrogen (secondary N) is 2. The van der Waals surface area contributed by atoms with Crippen LogP contribution in [0.4, 0.5) is 0 Å². The maximum absolute atomic E-state index is 5.27. The molecule has 0 spiro atoms. The van der Waals surface area contributed by atoms with Gasteiger partial charge in [0.05, 0.1) is 6.26 Å². The van der Waals surface area contributed by atoms with Crippen LogP contribution in [-0.4, -0.2) is 25.6 Å². The molecule has 1 heterocycles. The van der Waals surface area contributed by atoms with Gasteiger partial charge in [0, 0.05) is 26.1 Å². The van der Waals surface area contributed by atoms with Crippen molar-refractivity contribution >= 4 is 5.96 Å². The van der Waals surface area contributed by atoms with Gasteiger partial charge in [-0.3, -0.25) is 4.99 Å². The fraction of sp³-hybridized carbons (Fsp3) is 0.615. The normalized spacial score (nSPS) is 13.8. The summed E-state index contributed by atoms with van der Waals surface area (Å²) in [5.41, 5.74) is 0. The van der Waals surface area contributed by atoms with Crippen molar-refractivity contribution in [2.24, 2.45) is 10.9 Å². The van der Waals surface area contributed by atoms with E-state index in [0.717, 1.165) is 24.7 Å². The minimum atomic E-state index is 0.407. The van der Waals surface area contributed by atoms with Crippen LogP contribution in [0.3, 0.4) is 0 Å². The predicted molar refractivity (Wildman–Crippen MR) is 71.2 cm³/mol. The minimum absolute atomic E-state index is 0.407. The summed E-state index contributed by atoms with van der Waals surface area (Å²) in [4.78, 5) is 4.19. The number of hydrogen-bond acceptors (Lipinski definition) is 2. The molecule has 4 nitrogen and oxygen atoms in total. The smallest absolute Gasteiger partial charge is 0.191 e. The summed E-state index contributed by atoms with van der Waals surface area (Å²) in [5, 5.41) is 6.63. The van der Waals surface area contributed by atoms with Gasteiger partial charge in [-0.25, -0.2) is 0 Å². The quantitative estimate of drug-likeness (QED) is 0.608. The second-order valence-corrected chi connectivity index (χ2v) is 4.51. The molecule has 0 bridgehead atoms. The van der Waals surface area contributed by atoms with E-state index in [2.05, 4.69) is 36.4 Å². The summed E-state index contributed by atoms with van der Waals surface area (Å²) >= 11 is 0. The van der Waals surface area contributed by atoms with Crippen LogP contribution in [0.2, 0.25) is 0 Å². The highest BCUT2D eigenvalue weighted by atomic mass is 16.3. The largest absolute Gasteiger partial charge is 0.469 e. The zero-order chi connectivity index (χ0) is 12.7. The molecular formula is C13H23N3O. The number of furan rings is 1. The molecule has 0 saturated heterocycles. The van der Waals surface area contributed by atoms with Crippen molar-refractivity contribution in [3.05, 3.63) is 24.2 Å². The molecule has 4 heteroatoms. The Kier molecular flexibility index (Phi) is 5.60. The maximum atomic E-state index is 5.27. The maximum Gasteiger partial charge on any atom is 0.191 e. The van der Waals surface area contributed by atoms with Crippen LogP contribution in [0.25, 0.3) is 0 Å². The van der Waals surface area contributed by atoms with Gasteiger partial charge >= 0.3 is 0 Å². The number of aliphatic imine (C=N–C) groups is 1. The molecule has 0 radical (unpaired) electrons. The summed E-state index contributed by atoms with van der Waals surface area (Å²) in [6.07, 6.45) is 2.56. The molecule has 96 valence electrons. The van der Waals surface area contributed by atoms with Gasteiger partial charge < -0.3 is 15.1 Å². The van der Waals surface area contributed by atoms with Gasteiger partial charge in [-0.2, -0.15) is 0 Å². The van der Waals surface area contributed by atoms with E-state index in [9.17, 15) is 0 Å². The van der Waals surface area contributed by atoms with Crippen molar-refractivity contribution in [3.8, 4) is 0 Å². The first kappa shape index (κ1) is 13.6. The second kappa shape index (κ2) is 6.99. The van der Waals surface area contributed by atoms with Gasteiger partial charge in [-0.1, -0.05) is 13.8 Å². The van der Waals surface area contributed by atoms with E-state index in [1.54, 1.807) is 13.3 Å². The second-order valence-electron chi connectivity index (χ2n) is 4.51. The fourth-order valence-corrected chi connectivity index (χ4v) is 1.34. The Bertz CT molecular complexity index is 330. The topological polar surface area (TPSA) is 49.6 Å². The highest BCUT2D eigenvalue weighted by Gasteiger charge is 2.08. The highest BCUT2D eigenvalue weighted by Crippen LogP contribution is 2.00. The molecule has 1 atom stereocenters. The molecule has 1 rings (SSSR count). The zero-order valence-electron chi connectivity index (χ0n) is 11.2. The molecule has 0 aromatic carbocycles. The summed E-state index contributed by atoms with van der Waals surface area (Å²) in [6.45, 7) is 7.35. The van der Waals surface area contributed by atoms with Crippen molar-refractivity contribution in [3.63, 3.8) is 0 Å². The monoisotopic (exact) mass is 237 g/mol. The number of nitrogens with zero attached hydrogens (tertiary/aromatic N) is 1. The Balaban J connectivity index is 2.28. The van der Waals surface area contributed by atoms with Crippen LogP contribution >= 0.6 is 0 Å². The molecule has 0 fully saturated rings. The van der Waals surface area contributed by atoms with Gasteiger partial charge in [0.25, 0.3) is 0 Å². The molecule has 0 aliphatic carbocycles. The molecule has 0 saturated carbocycles. The summed E-state index contributed by atoms with van der Waals surface area (Å²) < 4.78 is 5.27. The number of rotatable bonds is 5. The van der Waals surface area contributed by atoms with Gasteiger partial charge in [0.2, 0.25) is 0 Å². The molecule has 0 amide bonds. The average Bonchev–Trinajstić information content (AvgIpc) is 2.80. The minimum Gasteiger partial charge on any atom is -0.469 e. The SMILES string of the molecule is CN=C(NCCc1ccco1)NC(C)C(C)C. The Morgan fingerprint density at radius 2 is 2.18 bits per heavy atom. The van der Waals surface area contributed by atoms with E-state index >= 15 is 0 Å². The molecule has 1 aromatic heterocycles. The van der Waals surface area contributed by atoms with Crippen molar-refractivity contribution in [1.29, 1.82) is 0 Å². The Morgan fingerprint density at radius 3 is 2.71 bits per heavy atom. The predicted octanol–water partition coefficient (Wildman–Crippen LogP) is 2.03. The summed E-state index contributed by atoms with van der Waals surface area (Å²) in [7, 11) is 1.79. The molecule has 1 unspecified atom stereocenters. The highest BCUT2D eigenvalue weighted by molar-refractivity contribution is 5.79. The Morgan fingerprint density at radius 1 is 1.41 bits per heavy atom. The van der Waals surface area contributed by atoms with Crippen molar-refractivity contribution in [1.82, 2.24) is 10.6 Å². The molecule has 17 heavy (non-hydrogen) atoms. The first-order valence-electron chi connectivity index (χ1n) is 6.13. The van der Waals surface area contributed by atoms with Gasteiger partial charge in [0.1, 0.15) is 5.76 Å². The molecule has 2 N–H and O–H groups in total. The van der Waals surface area contributed by atoms with Crippen LogP contribution in [-0.2, 0) is 6.42 Å². The van der Waals surface area contributed by atoms with Crippen LogP contribution in [0.15, 0.2) is 27.8 Å². The number of hydrogen-bond donors (Lipinski definition) is 2. The lowest BCUT2D eigenvalue weighted by Crippen LogP contribution is -2.44. The fourth-order valence-electron chi connectivity index (χ4n) is 1.34. The Labute approximate surface area is 104 Å². The van der Waals surface area contributed by atoms with Crippen molar-refractivity contribution < 1.29 is 4.42 Å². The van der Waals surface area contributed by atoms with Crippen molar-refractivity contribution in [2.45, 2.75) is 33.2 Å². The molecule has 0 aliphatic rings. The Hall–Kier alpha value is -1.45. The number of guanidine groups is 1. The molecule has 0 aliphatic heterocycles. The van der Waals surface area contributed by atoms with E-state index < -0.39 is 0 Å². The summed E-state index contributed by atoms with van der Waals surface area (Å²) in [6, 6.07) is 4.29. The van der Waals surface area contributed by atoms with E-state index in [4.69, 9.17) is 4.42 Å². The third-order valence-corrected chi connectivity index (χ3v) is 2.83. The van der Waals surface area contributed by atoms with E-state index in [0.29, 0.717) is 12.0 Å². The van der Waals surface area contributed by atoms with Crippen LogP contribution < -0.4 is 10.6 Å². The van der Waals surface area contributed by atoms with E-state index in [1.165, 1.54) is 0 Å².